The molecule has 0 aromatic heterocycles. The van der Waals surface area contributed by atoms with Crippen LogP contribution in [-0.2, 0) is 6.54 Å². The van der Waals surface area contributed by atoms with Crippen LogP contribution in [0, 0.1) is 0 Å². The van der Waals surface area contributed by atoms with Gasteiger partial charge < -0.3 is 14.8 Å². The minimum Gasteiger partial charge on any atom is -0.494 e. The zero-order valence-corrected chi connectivity index (χ0v) is 12.8. The van der Waals surface area contributed by atoms with E-state index in [4.69, 9.17) is 9.47 Å². The molecule has 0 aliphatic heterocycles. The lowest BCUT2D eigenvalue weighted by Gasteiger charge is -2.12. The second kappa shape index (κ2) is 8.20. The number of hydrogen-bond acceptors (Lipinski definition) is 3. The zero-order chi connectivity index (χ0) is 14.9. The van der Waals surface area contributed by atoms with E-state index in [9.17, 15) is 0 Å². The third-order valence-electron chi connectivity index (χ3n) is 3.08. The van der Waals surface area contributed by atoms with Crippen molar-refractivity contribution in [1.29, 1.82) is 0 Å². The molecule has 2 rings (SSSR count). The Morgan fingerprint density at radius 2 is 1.67 bits per heavy atom. The molecule has 0 amide bonds. The number of benzene rings is 2. The minimum absolute atomic E-state index is 0.681. The van der Waals surface area contributed by atoms with Gasteiger partial charge in [0, 0.05) is 17.8 Å². The molecule has 0 spiro atoms. The van der Waals surface area contributed by atoms with Crippen molar-refractivity contribution in [2.75, 3.05) is 18.5 Å². The highest BCUT2D eigenvalue weighted by Gasteiger charge is 2.02. The van der Waals surface area contributed by atoms with Crippen LogP contribution in [0.2, 0.25) is 0 Å². The van der Waals surface area contributed by atoms with Gasteiger partial charge in [-0.25, -0.2) is 0 Å². The van der Waals surface area contributed by atoms with E-state index >= 15 is 0 Å². The molecule has 0 saturated heterocycles. The topological polar surface area (TPSA) is 30.5 Å². The van der Waals surface area contributed by atoms with E-state index in [-0.39, 0.29) is 0 Å². The van der Waals surface area contributed by atoms with Crippen molar-refractivity contribution in [3.63, 3.8) is 0 Å². The summed E-state index contributed by atoms with van der Waals surface area (Å²) in [5.74, 6) is 1.85. The van der Waals surface area contributed by atoms with Crippen molar-refractivity contribution in [3.05, 3.63) is 54.1 Å². The molecule has 2 aromatic rings. The summed E-state index contributed by atoms with van der Waals surface area (Å²) in [6.07, 6.45) is 1.02. The first kappa shape index (κ1) is 15.2. The SMILES string of the molecule is CCCOc1ccc(NCc2ccccc2OCC)cc1. The first-order valence-corrected chi connectivity index (χ1v) is 7.51. The maximum absolute atomic E-state index is 5.63. The predicted molar refractivity (Wildman–Crippen MR) is 87.2 cm³/mol. The Morgan fingerprint density at radius 3 is 2.38 bits per heavy atom. The van der Waals surface area contributed by atoms with Gasteiger partial charge in [-0.1, -0.05) is 25.1 Å². The number of nitrogens with one attached hydrogen (secondary N) is 1. The van der Waals surface area contributed by atoms with Gasteiger partial charge in [0.2, 0.25) is 0 Å². The summed E-state index contributed by atoms with van der Waals surface area (Å²) >= 11 is 0. The van der Waals surface area contributed by atoms with E-state index in [1.807, 2.05) is 49.4 Å². The normalized spacial score (nSPS) is 10.2. The fraction of sp³-hybridized carbons (Fsp3) is 0.333. The summed E-state index contributed by atoms with van der Waals surface area (Å²) in [5, 5.41) is 3.41. The fourth-order valence-corrected chi connectivity index (χ4v) is 2.03. The average Bonchev–Trinajstić information content (AvgIpc) is 2.53. The molecule has 3 heteroatoms. The lowest BCUT2D eigenvalue weighted by molar-refractivity contribution is 0.317. The van der Waals surface area contributed by atoms with Crippen LogP contribution in [0.25, 0.3) is 0 Å². The molecule has 0 aliphatic rings. The summed E-state index contributed by atoms with van der Waals surface area (Å²) < 4.78 is 11.2. The highest BCUT2D eigenvalue weighted by atomic mass is 16.5. The van der Waals surface area contributed by atoms with Gasteiger partial charge in [-0.05, 0) is 43.7 Å². The van der Waals surface area contributed by atoms with Crippen molar-refractivity contribution < 1.29 is 9.47 Å². The molecule has 3 nitrogen and oxygen atoms in total. The summed E-state index contributed by atoms with van der Waals surface area (Å²) in [5.41, 5.74) is 2.23. The molecule has 0 bridgehead atoms. The van der Waals surface area contributed by atoms with Crippen LogP contribution in [0.3, 0.4) is 0 Å². The van der Waals surface area contributed by atoms with Crippen molar-refractivity contribution in [3.8, 4) is 11.5 Å². The Morgan fingerprint density at radius 1 is 0.905 bits per heavy atom. The van der Waals surface area contributed by atoms with E-state index in [2.05, 4.69) is 18.3 Å². The molecule has 112 valence electrons. The molecule has 0 saturated carbocycles. The smallest absolute Gasteiger partial charge is 0.124 e. The van der Waals surface area contributed by atoms with E-state index < -0.39 is 0 Å². The van der Waals surface area contributed by atoms with Crippen LogP contribution in [-0.4, -0.2) is 13.2 Å². The van der Waals surface area contributed by atoms with Crippen LogP contribution in [0.5, 0.6) is 11.5 Å². The number of ether oxygens (including phenoxy) is 2. The molecule has 0 fully saturated rings. The zero-order valence-electron chi connectivity index (χ0n) is 12.8. The lowest BCUT2D eigenvalue weighted by Crippen LogP contribution is -2.03. The molecule has 0 atom stereocenters. The van der Waals surface area contributed by atoms with Gasteiger partial charge in [0.25, 0.3) is 0 Å². The number of hydrogen-bond donors (Lipinski definition) is 1. The Balaban J connectivity index is 1.93. The maximum atomic E-state index is 5.63. The summed E-state index contributed by atoms with van der Waals surface area (Å²) in [7, 11) is 0. The number of anilines is 1. The third kappa shape index (κ3) is 4.71. The van der Waals surface area contributed by atoms with E-state index in [0.717, 1.165) is 42.3 Å². The van der Waals surface area contributed by atoms with Crippen LogP contribution in [0.1, 0.15) is 25.8 Å². The van der Waals surface area contributed by atoms with Gasteiger partial charge >= 0.3 is 0 Å². The molecule has 21 heavy (non-hydrogen) atoms. The molecule has 0 aliphatic carbocycles. The second-order valence-corrected chi connectivity index (χ2v) is 4.77. The van der Waals surface area contributed by atoms with Gasteiger partial charge in [-0.3, -0.25) is 0 Å². The first-order valence-electron chi connectivity index (χ1n) is 7.51. The number of rotatable bonds is 8. The van der Waals surface area contributed by atoms with Crippen LogP contribution in [0.15, 0.2) is 48.5 Å². The van der Waals surface area contributed by atoms with Crippen molar-refractivity contribution in [1.82, 2.24) is 0 Å². The molecule has 0 radical (unpaired) electrons. The monoisotopic (exact) mass is 285 g/mol. The quantitative estimate of drug-likeness (QED) is 0.775. The summed E-state index contributed by atoms with van der Waals surface area (Å²) in [6.45, 7) is 6.28. The van der Waals surface area contributed by atoms with Gasteiger partial charge in [-0.2, -0.15) is 0 Å². The molecular formula is C18H23NO2. The summed E-state index contributed by atoms with van der Waals surface area (Å²) in [6, 6.07) is 16.2. The first-order chi connectivity index (χ1) is 10.3. The van der Waals surface area contributed by atoms with Gasteiger partial charge in [-0.15, -0.1) is 0 Å². The Bertz CT molecular complexity index is 537. The second-order valence-electron chi connectivity index (χ2n) is 4.77. The van der Waals surface area contributed by atoms with Crippen LogP contribution in [0.4, 0.5) is 5.69 Å². The molecule has 2 aromatic carbocycles. The van der Waals surface area contributed by atoms with Gasteiger partial charge in [0.1, 0.15) is 11.5 Å². The predicted octanol–water partition coefficient (Wildman–Crippen LogP) is 4.49. The van der Waals surface area contributed by atoms with Crippen molar-refractivity contribution in [2.24, 2.45) is 0 Å². The highest BCUT2D eigenvalue weighted by molar-refractivity contribution is 5.47. The lowest BCUT2D eigenvalue weighted by atomic mass is 10.2. The van der Waals surface area contributed by atoms with E-state index in [1.165, 1.54) is 0 Å². The van der Waals surface area contributed by atoms with Crippen LogP contribution < -0.4 is 14.8 Å². The largest absolute Gasteiger partial charge is 0.494 e. The fourth-order valence-electron chi connectivity index (χ4n) is 2.03. The minimum atomic E-state index is 0.681. The van der Waals surface area contributed by atoms with Crippen molar-refractivity contribution >= 4 is 5.69 Å². The molecule has 1 N–H and O–H groups in total. The average molecular weight is 285 g/mol. The molecular weight excluding hydrogens is 262 g/mol. The summed E-state index contributed by atoms with van der Waals surface area (Å²) in [4.78, 5) is 0. The van der Waals surface area contributed by atoms with Gasteiger partial charge in [0.05, 0.1) is 13.2 Å². The molecule has 0 unspecified atom stereocenters. The highest BCUT2D eigenvalue weighted by Crippen LogP contribution is 2.21. The Kier molecular flexibility index (Phi) is 5.95. The van der Waals surface area contributed by atoms with E-state index in [1.54, 1.807) is 0 Å². The standard InChI is InChI=1S/C18H23NO2/c1-3-13-21-17-11-9-16(10-12-17)19-14-15-7-5-6-8-18(15)20-4-2/h5-12,19H,3-4,13-14H2,1-2H3. The third-order valence-corrected chi connectivity index (χ3v) is 3.08. The number of para-hydroxylation sites is 1. The Hall–Kier alpha value is -2.16. The van der Waals surface area contributed by atoms with Crippen molar-refractivity contribution in [2.45, 2.75) is 26.8 Å². The van der Waals surface area contributed by atoms with Crippen LogP contribution >= 0.6 is 0 Å². The Labute approximate surface area is 126 Å². The molecule has 0 heterocycles. The van der Waals surface area contributed by atoms with E-state index in [0.29, 0.717) is 6.61 Å². The van der Waals surface area contributed by atoms with Gasteiger partial charge in [0.15, 0.2) is 0 Å². The maximum Gasteiger partial charge on any atom is 0.124 e.